The second-order valence-electron chi connectivity index (χ2n) is 7.40. The van der Waals surface area contributed by atoms with E-state index < -0.39 is 0 Å². The molecule has 0 bridgehead atoms. The van der Waals surface area contributed by atoms with Gasteiger partial charge in [-0.3, -0.25) is 9.48 Å². The Bertz CT molecular complexity index is 1210. The molecule has 4 aromatic rings. The molecule has 31 heavy (non-hydrogen) atoms. The highest BCUT2D eigenvalue weighted by atomic mass is 32.2. The van der Waals surface area contributed by atoms with Gasteiger partial charge in [-0.15, -0.1) is 10.2 Å². The Morgan fingerprint density at radius 1 is 1.00 bits per heavy atom. The number of rotatable bonds is 6. The highest BCUT2D eigenvalue weighted by molar-refractivity contribution is 7.99. The predicted molar refractivity (Wildman–Crippen MR) is 124 cm³/mol. The molecule has 1 N–H and O–H groups in total. The number of amides is 1. The summed E-state index contributed by atoms with van der Waals surface area (Å²) in [7, 11) is 3.79. The maximum atomic E-state index is 12.5. The third kappa shape index (κ3) is 4.39. The molecule has 7 nitrogen and oxygen atoms in total. The number of carbonyl (C=O) groups is 1. The Kier molecular flexibility index (Phi) is 5.90. The second-order valence-corrected chi connectivity index (χ2v) is 8.34. The largest absolute Gasteiger partial charge is 0.325 e. The molecule has 0 aliphatic carbocycles. The van der Waals surface area contributed by atoms with Gasteiger partial charge < -0.3 is 9.88 Å². The first-order chi connectivity index (χ1) is 14.9. The maximum Gasteiger partial charge on any atom is 0.234 e. The smallest absolute Gasteiger partial charge is 0.234 e. The number of nitrogens with one attached hydrogen (secondary N) is 1. The number of anilines is 1. The van der Waals surface area contributed by atoms with E-state index in [2.05, 4.69) is 20.6 Å². The minimum absolute atomic E-state index is 0.0710. The highest BCUT2D eigenvalue weighted by Gasteiger charge is 2.19. The maximum absolute atomic E-state index is 12.5. The molecule has 0 saturated heterocycles. The molecule has 158 valence electrons. The van der Waals surface area contributed by atoms with Crippen LogP contribution < -0.4 is 5.32 Å². The molecule has 2 aromatic heterocycles. The summed E-state index contributed by atoms with van der Waals surface area (Å²) in [5, 5.41) is 17.0. The molecule has 0 saturated carbocycles. The number of para-hydroxylation sites is 1. The van der Waals surface area contributed by atoms with Crippen molar-refractivity contribution in [1.82, 2.24) is 24.5 Å². The molecule has 4 rings (SSSR count). The van der Waals surface area contributed by atoms with E-state index in [4.69, 9.17) is 0 Å². The van der Waals surface area contributed by atoms with Crippen LogP contribution in [-0.4, -0.2) is 36.2 Å². The lowest BCUT2D eigenvalue weighted by molar-refractivity contribution is -0.113. The van der Waals surface area contributed by atoms with E-state index in [9.17, 15) is 4.79 Å². The molecule has 8 heteroatoms. The molecule has 0 radical (unpaired) electrons. The first-order valence-corrected chi connectivity index (χ1v) is 10.9. The van der Waals surface area contributed by atoms with Crippen molar-refractivity contribution in [2.45, 2.75) is 19.0 Å². The number of nitrogens with zero attached hydrogens (tertiary/aromatic N) is 5. The van der Waals surface area contributed by atoms with Crippen molar-refractivity contribution in [1.29, 1.82) is 0 Å². The number of aromatic nitrogens is 5. The summed E-state index contributed by atoms with van der Waals surface area (Å²) in [5.74, 6) is 0.890. The van der Waals surface area contributed by atoms with Gasteiger partial charge in [0.1, 0.15) is 5.69 Å². The Balaban J connectivity index is 1.52. The van der Waals surface area contributed by atoms with Crippen molar-refractivity contribution in [3.8, 4) is 22.6 Å². The van der Waals surface area contributed by atoms with Crippen molar-refractivity contribution in [3.63, 3.8) is 0 Å². The van der Waals surface area contributed by atoms with Crippen molar-refractivity contribution in [2.75, 3.05) is 11.1 Å². The summed E-state index contributed by atoms with van der Waals surface area (Å²) in [6.07, 6.45) is 1.94. The van der Waals surface area contributed by atoms with Crippen LogP contribution in [0.1, 0.15) is 11.1 Å². The minimum atomic E-state index is -0.0710. The van der Waals surface area contributed by atoms with E-state index in [1.807, 2.05) is 87.2 Å². The molecule has 0 atom stereocenters. The van der Waals surface area contributed by atoms with Crippen molar-refractivity contribution >= 4 is 23.4 Å². The number of aryl methyl sites for hydroxylation is 3. The first-order valence-electron chi connectivity index (χ1n) is 9.91. The van der Waals surface area contributed by atoms with Crippen LogP contribution in [0.4, 0.5) is 5.69 Å². The van der Waals surface area contributed by atoms with E-state index >= 15 is 0 Å². The van der Waals surface area contributed by atoms with Crippen LogP contribution in [-0.2, 0) is 18.9 Å². The average Bonchev–Trinajstić information content (AvgIpc) is 3.32. The summed E-state index contributed by atoms with van der Waals surface area (Å²) in [6, 6.07) is 16.0. The summed E-state index contributed by atoms with van der Waals surface area (Å²) in [5.41, 5.74) is 5.73. The molecular weight excluding hydrogens is 408 g/mol. The lowest BCUT2D eigenvalue weighted by Crippen LogP contribution is -2.16. The number of thioether (sulfide) groups is 1. The van der Waals surface area contributed by atoms with Gasteiger partial charge in [-0.05, 0) is 25.0 Å². The molecule has 0 spiro atoms. The monoisotopic (exact) mass is 432 g/mol. The van der Waals surface area contributed by atoms with E-state index in [1.165, 1.54) is 11.8 Å². The zero-order valence-electron chi connectivity index (χ0n) is 18.0. The zero-order chi connectivity index (χ0) is 22.0. The van der Waals surface area contributed by atoms with E-state index in [0.717, 1.165) is 33.6 Å². The van der Waals surface area contributed by atoms with E-state index in [-0.39, 0.29) is 11.7 Å². The van der Waals surface area contributed by atoms with Gasteiger partial charge in [-0.25, -0.2) is 0 Å². The quantitative estimate of drug-likeness (QED) is 0.461. The van der Waals surface area contributed by atoms with Gasteiger partial charge in [0.05, 0.1) is 11.3 Å². The minimum Gasteiger partial charge on any atom is -0.325 e. The van der Waals surface area contributed by atoms with Gasteiger partial charge in [-0.1, -0.05) is 60.3 Å². The molecule has 0 aliphatic rings. The topological polar surface area (TPSA) is 77.6 Å². The fourth-order valence-corrected chi connectivity index (χ4v) is 4.16. The Labute approximate surface area is 185 Å². The highest BCUT2D eigenvalue weighted by Crippen LogP contribution is 2.31. The molecule has 0 unspecified atom stereocenters. The number of carbonyl (C=O) groups excluding carboxylic acids is 1. The van der Waals surface area contributed by atoms with Gasteiger partial charge in [0.15, 0.2) is 11.0 Å². The van der Waals surface area contributed by atoms with Gasteiger partial charge in [0.2, 0.25) is 5.91 Å². The van der Waals surface area contributed by atoms with Gasteiger partial charge >= 0.3 is 0 Å². The molecular formula is C23H24N6OS. The van der Waals surface area contributed by atoms with Crippen LogP contribution in [0.5, 0.6) is 0 Å². The van der Waals surface area contributed by atoms with E-state index in [1.54, 1.807) is 4.68 Å². The normalized spacial score (nSPS) is 11.0. The summed E-state index contributed by atoms with van der Waals surface area (Å²) >= 11 is 1.36. The first kappa shape index (κ1) is 20.9. The Morgan fingerprint density at radius 2 is 1.71 bits per heavy atom. The van der Waals surface area contributed by atoms with Crippen LogP contribution in [0.3, 0.4) is 0 Å². The molecule has 2 aromatic carbocycles. The van der Waals surface area contributed by atoms with Crippen LogP contribution in [0.2, 0.25) is 0 Å². The molecule has 0 fully saturated rings. The molecule has 1 amide bonds. The summed E-state index contributed by atoms with van der Waals surface area (Å²) in [6.45, 7) is 3.98. The number of hydrogen-bond acceptors (Lipinski definition) is 5. The van der Waals surface area contributed by atoms with E-state index in [0.29, 0.717) is 11.0 Å². The van der Waals surface area contributed by atoms with Crippen molar-refractivity contribution < 1.29 is 4.79 Å². The lowest BCUT2D eigenvalue weighted by Gasteiger charge is -2.11. The fraction of sp³-hybridized carbons (Fsp3) is 0.217. The van der Waals surface area contributed by atoms with Crippen LogP contribution in [0.15, 0.2) is 59.9 Å². The number of hydrogen-bond donors (Lipinski definition) is 1. The van der Waals surface area contributed by atoms with Crippen molar-refractivity contribution in [3.05, 3.63) is 65.9 Å². The summed E-state index contributed by atoms with van der Waals surface area (Å²) < 4.78 is 3.68. The lowest BCUT2D eigenvalue weighted by atomic mass is 10.1. The third-order valence-corrected chi connectivity index (χ3v) is 6.05. The number of benzene rings is 2. The fourth-order valence-electron chi connectivity index (χ4n) is 3.45. The third-order valence-electron chi connectivity index (χ3n) is 5.03. The Hall–Kier alpha value is -3.39. The van der Waals surface area contributed by atoms with Gasteiger partial charge in [0, 0.05) is 31.5 Å². The zero-order valence-corrected chi connectivity index (χ0v) is 18.8. The summed E-state index contributed by atoms with van der Waals surface area (Å²) in [4.78, 5) is 12.5. The van der Waals surface area contributed by atoms with Crippen LogP contribution >= 0.6 is 11.8 Å². The van der Waals surface area contributed by atoms with Crippen LogP contribution in [0.25, 0.3) is 22.6 Å². The van der Waals surface area contributed by atoms with Gasteiger partial charge in [0.25, 0.3) is 0 Å². The molecule has 0 aliphatic heterocycles. The molecule has 2 heterocycles. The SMILES string of the molecule is Cc1cccc(C)c1NC(=O)CSc1nnc(-c2cn(C)nc2-c2ccccc2)n1C. The van der Waals surface area contributed by atoms with Crippen LogP contribution in [0, 0.1) is 13.8 Å². The second kappa shape index (κ2) is 8.77. The predicted octanol–water partition coefficient (Wildman–Crippen LogP) is 4.23. The Morgan fingerprint density at radius 3 is 2.42 bits per heavy atom. The average molecular weight is 433 g/mol. The standard InChI is InChI=1S/C23H24N6OS/c1-15-9-8-10-16(2)20(15)24-19(30)14-31-23-26-25-22(29(23)4)18-13-28(3)27-21(18)17-11-6-5-7-12-17/h5-13H,14H2,1-4H3,(H,24,30). The van der Waals surface area contributed by atoms with Crippen molar-refractivity contribution in [2.24, 2.45) is 14.1 Å². The van der Waals surface area contributed by atoms with Gasteiger partial charge in [-0.2, -0.15) is 5.10 Å².